The van der Waals surface area contributed by atoms with Gasteiger partial charge in [0.1, 0.15) is 11.2 Å². The standard InChI is InChI=1S/C16H11F4NOS/c17-12-5-1-3-10(7-12)15-21(14(22)9-23-15)13-6-2-4-11(8-13)16(18,19)20/h1-8,15H,9H2. The summed E-state index contributed by atoms with van der Waals surface area (Å²) >= 11 is 1.26. The molecule has 1 aliphatic rings. The Balaban J connectivity index is 2.01. The molecule has 1 fully saturated rings. The quantitative estimate of drug-likeness (QED) is 0.743. The smallest absolute Gasteiger partial charge is 0.295 e. The summed E-state index contributed by atoms with van der Waals surface area (Å²) in [5.41, 5.74) is -0.125. The molecule has 2 aromatic rings. The number of benzene rings is 2. The fourth-order valence-electron chi connectivity index (χ4n) is 2.44. The maximum Gasteiger partial charge on any atom is 0.416 e. The molecular formula is C16H11F4NOS. The molecule has 0 saturated carbocycles. The highest BCUT2D eigenvalue weighted by Crippen LogP contribution is 2.43. The van der Waals surface area contributed by atoms with E-state index in [0.717, 1.165) is 12.1 Å². The molecule has 0 spiro atoms. The van der Waals surface area contributed by atoms with Crippen molar-refractivity contribution in [3.05, 3.63) is 65.5 Å². The van der Waals surface area contributed by atoms with Crippen LogP contribution in [0.3, 0.4) is 0 Å². The maximum absolute atomic E-state index is 13.4. The summed E-state index contributed by atoms with van der Waals surface area (Å²) in [4.78, 5) is 13.4. The first-order valence-electron chi connectivity index (χ1n) is 6.72. The average molecular weight is 341 g/mol. The zero-order valence-corrected chi connectivity index (χ0v) is 12.5. The van der Waals surface area contributed by atoms with Gasteiger partial charge in [-0.05, 0) is 35.9 Å². The van der Waals surface area contributed by atoms with E-state index in [9.17, 15) is 22.4 Å². The van der Waals surface area contributed by atoms with Crippen LogP contribution in [0.15, 0.2) is 48.5 Å². The molecule has 0 aromatic heterocycles. The van der Waals surface area contributed by atoms with Crippen LogP contribution in [0.4, 0.5) is 23.2 Å². The Hall–Kier alpha value is -2.02. The number of hydrogen-bond donors (Lipinski definition) is 0. The molecule has 0 bridgehead atoms. The van der Waals surface area contributed by atoms with Crippen molar-refractivity contribution in [3.63, 3.8) is 0 Å². The minimum absolute atomic E-state index is 0.136. The molecule has 3 rings (SSSR count). The summed E-state index contributed by atoms with van der Waals surface area (Å²) in [6.45, 7) is 0. The van der Waals surface area contributed by atoms with Crippen LogP contribution in [-0.2, 0) is 11.0 Å². The summed E-state index contributed by atoms with van der Waals surface area (Å²) in [6, 6.07) is 10.3. The third kappa shape index (κ3) is 3.19. The Morgan fingerprint density at radius 2 is 1.83 bits per heavy atom. The first-order chi connectivity index (χ1) is 10.9. The molecule has 1 aliphatic heterocycles. The number of hydrogen-bond acceptors (Lipinski definition) is 2. The van der Waals surface area contributed by atoms with Gasteiger partial charge < -0.3 is 0 Å². The lowest BCUT2D eigenvalue weighted by Gasteiger charge is -2.25. The fraction of sp³-hybridized carbons (Fsp3) is 0.188. The van der Waals surface area contributed by atoms with E-state index in [-0.39, 0.29) is 17.3 Å². The van der Waals surface area contributed by atoms with Gasteiger partial charge in [0, 0.05) is 5.69 Å². The lowest BCUT2D eigenvalue weighted by Crippen LogP contribution is -2.28. The molecule has 1 unspecified atom stereocenters. The van der Waals surface area contributed by atoms with Crippen LogP contribution in [0.1, 0.15) is 16.5 Å². The van der Waals surface area contributed by atoms with Gasteiger partial charge >= 0.3 is 6.18 Å². The van der Waals surface area contributed by atoms with Crippen molar-refractivity contribution in [2.24, 2.45) is 0 Å². The molecule has 1 amide bonds. The van der Waals surface area contributed by atoms with Gasteiger partial charge in [0.15, 0.2) is 0 Å². The zero-order chi connectivity index (χ0) is 16.6. The first kappa shape index (κ1) is 15.9. The van der Waals surface area contributed by atoms with Crippen molar-refractivity contribution >= 4 is 23.4 Å². The monoisotopic (exact) mass is 341 g/mol. The van der Waals surface area contributed by atoms with E-state index in [1.807, 2.05) is 0 Å². The van der Waals surface area contributed by atoms with Crippen molar-refractivity contribution < 1.29 is 22.4 Å². The van der Waals surface area contributed by atoms with Gasteiger partial charge in [-0.15, -0.1) is 11.8 Å². The maximum atomic E-state index is 13.4. The minimum atomic E-state index is -4.49. The lowest BCUT2D eigenvalue weighted by molar-refractivity contribution is -0.137. The largest absolute Gasteiger partial charge is 0.416 e. The third-order valence-electron chi connectivity index (χ3n) is 3.45. The van der Waals surface area contributed by atoms with E-state index in [4.69, 9.17) is 0 Å². The number of rotatable bonds is 2. The van der Waals surface area contributed by atoms with Gasteiger partial charge in [-0.2, -0.15) is 13.2 Å². The normalized spacial score (nSPS) is 18.5. The molecule has 0 N–H and O–H groups in total. The zero-order valence-electron chi connectivity index (χ0n) is 11.7. The average Bonchev–Trinajstić information content (AvgIpc) is 2.88. The Kier molecular flexibility index (Phi) is 4.06. The van der Waals surface area contributed by atoms with E-state index in [1.54, 1.807) is 6.07 Å². The number of halogens is 4. The molecule has 1 heterocycles. The Bertz CT molecular complexity index is 747. The summed E-state index contributed by atoms with van der Waals surface area (Å²) in [7, 11) is 0. The molecule has 0 radical (unpaired) electrons. The number of carbonyl (C=O) groups excluding carboxylic acids is 1. The van der Waals surface area contributed by atoms with E-state index < -0.39 is 22.9 Å². The highest BCUT2D eigenvalue weighted by atomic mass is 32.2. The molecule has 2 nitrogen and oxygen atoms in total. The third-order valence-corrected chi connectivity index (χ3v) is 4.67. The van der Waals surface area contributed by atoms with E-state index in [1.165, 1.54) is 47.0 Å². The second kappa shape index (κ2) is 5.88. The van der Waals surface area contributed by atoms with Gasteiger partial charge in [-0.3, -0.25) is 9.69 Å². The lowest BCUT2D eigenvalue weighted by atomic mass is 10.1. The number of carbonyl (C=O) groups is 1. The molecule has 120 valence electrons. The molecule has 1 atom stereocenters. The number of amides is 1. The summed E-state index contributed by atoms with van der Waals surface area (Å²) in [6.07, 6.45) is -4.49. The number of thioether (sulfide) groups is 1. The van der Waals surface area contributed by atoms with Gasteiger partial charge in [0.25, 0.3) is 0 Å². The van der Waals surface area contributed by atoms with Crippen molar-refractivity contribution in [1.29, 1.82) is 0 Å². The minimum Gasteiger partial charge on any atom is -0.295 e. The van der Waals surface area contributed by atoms with E-state index in [2.05, 4.69) is 0 Å². The summed E-state index contributed by atoms with van der Waals surface area (Å²) < 4.78 is 52.0. The van der Waals surface area contributed by atoms with Gasteiger partial charge in [-0.1, -0.05) is 18.2 Å². The van der Waals surface area contributed by atoms with E-state index >= 15 is 0 Å². The van der Waals surface area contributed by atoms with Crippen molar-refractivity contribution in [2.75, 3.05) is 10.7 Å². The van der Waals surface area contributed by atoms with Crippen LogP contribution >= 0.6 is 11.8 Å². The molecule has 7 heteroatoms. The number of anilines is 1. The first-order valence-corrected chi connectivity index (χ1v) is 7.77. The van der Waals surface area contributed by atoms with Crippen LogP contribution in [0.5, 0.6) is 0 Å². The van der Waals surface area contributed by atoms with Crippen molar-refractivity contribution in [2.45, 2.75) is 11.6 Å². The SMILES string of the molecule is O=C1CSC(c2cccc(F)c2)N1c1cccc(C(F)(F)F)c1. The summed E-state index contributed by atoms with van der Waals surface area (Å²) in [5.74, 6) is -0.618. The van der Waals surface area contributed by atoms with Gasteiger partial charge in [-0.25, -0.2) is 4.39 Å². The topological polar surface area (TPSA) is 20.3 Å². The van der Waals surface area contributed by atoms with Crippen LogP contribution in [0.25, 0.3) is 0 Å². The highest BCUT2D eigenvalue weighted by molar-refractivity contribution is 8.00. The Morgan fingerprint density at radius 3 is 2.52 bits per heavy atom. The molecule has 23 heavy (non-hydrogen) atoms. The molecule has 0 aliphatic carbocycles. The number of alkyl halides is 3. The summed E-state index contributed by atoms with van der Waals surface area (Å²) in [5, 5.41) is -0.540. The highest BCUT2D eigenvalue weighted by Gasteiger charge is 2.36. The van der Waals surface area contributed by atoms with Crippen LogP contribution in [0, 0.1) is 5.82 Å². The predicted molar refractivity (Wildman–Crippen MR) is 80.5 cm³/mol. The van der Waals surface area contributed by atoms with Crippen molar-refractivity contribution in [3.8, 4) is 0 Å². The van der Waals surface area contributed by atoms with Crippen LogP contribution in [0.2, 0.25) is 0 Å². The van der Waals surface area contributed by atoms with Crippen molar-refractivity contribution in [1.82, 2.24) is 0 Å². The van der Waals surface area contributed by atoms with Gasteiger partial charge in [0.2, 0.25) is 5.91 Å². The predicted octanol–water partition coefficient (Wildman–Crippen LogP) is 4.62. The van der Waals surface area contributed by atoms with Crippen LogP contribution < -0.4 is 4.90 Å². The second-order valence-corrected chi connectivity index (χ2v) is 6.10. The van der Waals surface area contributed by atoms with E-state index in [0.29, 0.717) is 5.56 Å². The Labute approximate surface area is 134 Å². The molecular weight excluding hydrogens is 330 g/mol. The Morgan fingerprint density at radius 1 is 1.09 bits per heavy atom. The fourth-order valence-corrected chi connectivity index (χ4v) is 3.61. The second-order valence-electron chi connectivity index (χ2n) is 5.03. The number of nitrogens with zero attached hydrogens (tertiary/aromatic N) is 1. The molecule has 1 saturated heterocycles. The van der Waals surface area contributed by atoms with Crippen LogP contribution in [-0.4, -0.2) is 11.7 Å². The van der Waals surface area contributed by atoms with Gasteiger partial charge in [0.05, 0.1) is 11.3 Å². The molecule has 2 aromatic carbocycles.